The largest absolute Gasteiger partial charge is 0.497 e. The average Bonchev–Trinajstić information content (AvgIpc) is 2.64. The lowest BCUT2D eigenvalue weighted by Crippen LogP contribution is -2.17. The lowest BCUT2D eigenvalue weighted by Gasteiger charge is -2.21. The minimum atomic E-state index is 0.329. The Morgan fingerprint density at radius 3 is 2.75 bits per heavy atom. The number of hydrogen-bond acceptors (Lipinski definition) is 4. The standard InChI is InChI=1S/C20H22N2O2/c1-14-6-7-16(20(22-14)17-5-4-10-21-13-17)11-15-8-9-18(23-2)12-19(15)24-3/h4-5,8-14H,6-7H2,1-3H3/b16-11+/t14-/m0/s1. The highest BCUT2D eigenvalue weighted by Gasteiger charge is 2.18. The van der Waals surface area contributed by atoms with Gasteiger partial charge in [-0.3, -0.25) is 9.98 Å². The van der Waals surface area contributed by atoms with Crippen LogP contribution in [0.15, 0.2) is 53.3 Å². The first-order valence-electron chi connectivity index (χ1n) is 8.12. The summed E-state index contributed by atoms with van der Waals surface area (Å²) in [5, 5.41) is 0. The van der Waals surface area contributed by atoms with Gasteiger partial charge in [0.2, 0.25) is 0 Å². The first kappa shape index (κ1) is 16.2. The number of ether oxygens (including phenoxy) is 2. The van der Waals surface area contributed by atoms with Crippen LogP contribution in [-0.4, -0.2) is 31.0 Å². The maximum atomic E-state index is 5.51. The van der Waals surface area contributed by atoms with Gasteiger partial charge in [-0.1, -0.05) is 0 Å². The van der Waals surface area contributed by atoms with Gasteiger partial charge in [0, 0.05) is 35.6 Å². The van der Waals surface area contributed by atoms with E-state index < -0.39 is 0 Å². The lowest BCUT2D eigenvalue weighted by molar-refractivity contribution is 0.393. The molecule has 2 aromatic rings. The fourth-order valence-corrected chi connectivity index (χ4v) is 2.88. The summed E-state index contributed by atoms with van der Waals surface area (Å²) in [4.78, 5) is 9.10. The highest BCUT2D eigenvalue weighted by atomic mass is 16.5. The second-order valence-electron chi connectivity index (χ2n) is 5.88. The molecule has 1 aromatic carbocycles. The van der Waals surface area contributed by atoms with Gasteiger partial charge in [0.25, 0.3) is 0 Å². The molecule has 3 rings (SSSR count). The molecule has 0 fully saturated rings. The zero-order valence-corrected chi connectivity index (χ0v) is 14.3. The summed E-state index contributed by atoms with van der Waals surface area (Å²) in [5.41, 5.74) is 4.33. The Hall–Kier alpha value is -2.62. The van der Waals surface area contributed by atoms with E-state index in [2.05, 4.69) is 24.1 Å². The van der Waals surface area contributed by atoms with Crippen LogP contribution in [0.5, 0.6) is 11.5 Å². The SMILES string of the molecule is COc1ccc(/C=C2\CC[C@H](C)N=C2c2cccnc2)c(OC)c1. The summed E-state index contributed by atoms with van der Waals surface area (Å²) in [5.74, 6) is 1.58. The molecule has 0 amide bonds. The van der Waals surface area contributed by atoms with Crippen molar-refractivity contribution in [1.82, 2.24) is 4.98 Å². The van der Waals surface area contributed by atoms with Crippen LogP contribution in [0.2, 0.25) is 0 Å². The summed E-state index contributed by atoms with van der Waals surface area (Å²) in [7, 11) is 3.33. The highest BCUT2D eigenvalue weighted by molar-refractivity contribution is 6.15. The van der Waals surface area contributed by atoms with Crippen molar-refractivity contribution in [2.24, 2.45) is 4.99 Å². The van der Waals surface area contributed by atoms with Crippen LogP contribution >= 0.6 is 0 Å². The third kappa shape index (κ3) is 3.48. The molecular formula is C20H22N2O2. The van der Waals surface area contributed by atoms with Gasteiger partial charge in [-0.25, -0.2) is 0 Å². The number of aliphatic imine (C=N–C) groups is 1. The summed E-state index contributed by atoms with van der Waals surface area (Å²) >= 11 is 0. The molecule has 1 aromatic heterocycles. The number of pyridine rings is 1. The molecule has 0 aliphatic carbocycles. The number of rotatable bonds is 4. The lowest BCUT2D eigenvalue weighted by atomic mass is 9.92. The molecule has 0 spiro atoms. The summed E-state index contributed by atoms with van der Waals surface area (Å²) in [6.07, 6.45) is 7.86. The maximum Gasteiger partial charge on any atom is 0.129 e. The van der Waals surface area contributed by atoms with Crippen LogP contribution in [0.25, 0.3) is 6.08 Å². The van der Waals surface area contributed by atoms with Crippen LogP contribution in [0.4, 0.5) is 0 Å². The average molecular weight is 322 g/mol. The van der Waals surface area contributed by atoms with Crippen LogP contribution in [0, 0.1) is 0 Å². The maximum absolute atomic E-state index is 5.51. The Morgan fingerprint density at radius 2 is 2.04 bits per heavy atom. The summed E-state index contributed by atoms with van der Waals surface area (Å²) in [6, 6.07) is 10.2. The van der Waals surface area contributed by atoms with Crippen molar-refractivity contribution in [3.05, 3.63) is 59.4 Å². The molecule has 4 nitrogen and oxygen atoms in total. The van der Waals surface area contributed by atoms with E-state index in [0.717, 1.165) is 41.2 Å². The van der Waals surface area contributed by atoms with Crippen LogP contribution in [0.1, 0.15) is 30.9 Å². The quantitative estimate of drug-likeness (QED) is 0.849. The van der Waals surface area contributed by atoms with Crippen molar-refractivity contribution >= 4 is 11.8 Å². The predicted octanol–water partition coefficient (Wildman–Crippen LogP) is 4.15. The molecule has 1 aliphatic rings. The van der Waals surface area contributed by atoms with E-state index in [1.165, 1.54) is 5.57 Å². The van der Waals surface area contributed by atoms with Crippen LogP contribution < -0.4 is 9.47 Å². The molecule has 0 unspecified atom stereocenters. The normalized spacial score (nSPS) is 19.0. The van der Waals surface area contributed by atoms with Crippen molar-refractivity contribution in [3.8, 4) is 11.5 Å². The van der Waals surface area contributed by atoms with Crippen molar-refractivity contribution < 1.29 is 9.47 Å². The molecule has 24 heavy (non-hydrogen) atoms. The van der Waals surface area contributed by atoms with Crippen molar-refractivity contribution in [1.29, 1.82) is 0 Å². The fourth-order valence-electron chi connectivity index (χ4n) is 2.88. The Balaban J connectivity index is 2.03. The zero-order valence-electron chi connectivity index (χ0n) is 14.3. The number of benzene rings is 1. The molecule has 4 heteroatoms. The van der Waals surface area contributed by atoms with Gasteiger partial charge in [0.05, 0.1) is 19.9 Å². The minimum absolute atomic E-state index is 0.329. The molecule has 0 radical (unpaired) electrons. The number of nitrogens with zero attached hydrogens (tertiary/aromatic N) is 2. The third-order valence-corrected chi connectivity index (χ3v) is 4.19. The molecule has 2 heterocycles. The first-order valence-corrected chi connectivity index (χ1v) is 8.12. The topological polar surface area (TPSA) is 43.7 Å². The molecule has 0 N–H and O–H groups in total. The van der Waals surface area contributed by atoms with Crippen molar-refractivity contribution in [2.75, 3.05) is 14.2 Å². The smallest absolute Gasteiger partial charge is 0.129 e. The second-order valence-corrected chi connectivity index (χ2v) is 5.88. The summed E-state index contributed by atoms with van der Waals surface area (Å²) in [6.45, 7) is 2.15. The van der Waals surface area contributed by atoms with E-state index >= 15 is 0 Å². The van der Waals surface area contributed by atoms with Gasteiger partial charge in [0.15, 0.2) is 0 Å². The minimum Gasteiger partial charge on any atom is -0.497 e. The predicted molar refractivity (Wildman–Crippen MR) is 97.0 cm³/mol. The molecule has 124 valence electrons. The number of allylic oxidation sites excluding steroid dienone is 1. The summed E-state index contributed by atoms with van der Waals surface area (Å²) < 4.78 is 10.8. The van der Waals surface area contributed by atoms with E-state index in [-0.39, 0.29) is 0 Å². The molecule has 0 bridgehead atoms. The van der Waals surface area contributed by atoms with Crippen LogP contribution in [-0.2, 0) is 0 Å². The second kappa shape index (κ2) is 7.30. The Bertz CT molecular complexity index is 766. The number of methoxy groups -OCH3 is 2. The van der Waals surface area contributed by atoms with Gasteiger partial charge >= 0.3 is 0 Å². The molecule has 1 aliphatic heterocycles. The Kier molecular flexibility index (Phi) is 4.94. The molecule has 0 saturated heterocycles. The Labute approximate surface area is 142 Å². The van der Waals surface area contributed by atoms with Gasteiger partial charge in [-0.05, 0) is 55.7 Å². The van der Waals surface area contributed by atoms with Crippen molar-refractivity contribution in [3.63, 3.8) is 0 Å². The van der Waals surface area contributed by atoms with Crippen molar-refractivity contribution in [2.45, 2.75) is 25.8 Å². The van der Waals surface area contributed by atoms with E-state index in [9.17, 15) is 0 Å². The van der Waals surface area contributed by atoms with E-state index in [0.29, 0.717) is 6.04 Å². The first-order chi connectivity index (χ1) is 11.7. The van der Waals surface area contributed by atoms with Gasteiger partial charge < -0.3 is 9.47 Å². The number of hydrogen-bond donors (Lipinski definition) is 0. The van der Waals surface area contributed by atoms with E-state index in [1.807, 2.05) is 30.5 Å². The fraction of sp³-hybridized carbons (Fsp3) is 0.300. The zero-order chi connectivity index (χ0) is 16.9. The van der Waals surface area contributed by atoms with E-state index in [4.69, 9.17) is 14.5 Å². The van der Waals surface area contributed by atoms with Gasteiger partial charge in [0.1, 0.15) is 11.5 Å². The van der Waals surface area contributed by atoms with Gasteiger partial charge in [-0.2, -0.15) is 0 Å². The molecule has 1 atom stereocenters. The molecular weight excluding hydrogens is 300 g/mol. The monoisotopic (exact) mass is 322 g/mol. The Morgan fingerprint density at radius 1 is 1.17 bits per heavy atom. The van der Waals surface area contributed by atoms with E-state index in [1.54, 1.807) is 20.4 Å². The van der Waals surface area contributed by atoms with Gasteiger partial charge in [-0.15, -0.1) is 0 Å². The number of aromatic nitrogens is 1. The van der Waals surface area contributed by atoms with Crippen LogP contribution in [0.3, 0.4) is 0 Å². The third-order valence-electron chi connectivity index (χ3n) is 4.19. The molecule has 0 saturated carbocycles. The highest BCUT2D eigenvalue weighted by Crippen LogP contribution is 2.30.